The molecule has 0 spiro atoms. The van der Waals surface area contributed by atoms with Crippen molar-refractivity contribution in [3.05, 3.63) is 47.9 Å². The third-order valence-corrected chi connectivity index (χ3v) is 3.59. The second-order valence-corrected chi connectivity index (χ2v) is 5.03. The lowest BCUT2D eigenvalue weighted by Gasteiger charge is -2.17. The SMILES string of the molecule is CC1=C(c2cn3ccc(OC(=O)O)cc3n2)C=CC(N)C1=NO. The van der Waals surface area contributed by atoms with Gasteiger partial charge >= 0.3 is 6.16 Å². The maximum absolute atomic E-state index is 10.6. The van der Waals surface area contributed by atoms with Gasteiger partial charge in [0.05, 0.1) is 11.7 Å². The Morgan fingerprint density at radius 1 is 1.52 bits per heavy atom. The lowest BCUT2D eigenvalue weighted by atomic mass is 9.92. The van der Waals surface area contributed by atoms with E-state index < -0.39 is 12.2 Å². The van der Waals surface area contributed by atoms with Crippen LogP contribution < -0.4 is 10.5 Å². The van der Waals surface area contributed by atoms with Gasteiger partial charge in [0.15, 0.2) is 0 Å². The summed E-state index contributed by atoms with van der Waals surface area (Å²) in [5.41, 5.74) is 8.93. The molecule has 1 aliphatic rings. The molecule has 0 saturated heterocycles. The summed E-state index contributed by atoms with van der Waals surface area (Å²) in [6.07, 6.45) is 5.60. The Balaban J connectivity index is 2.05. The molecule has 4 N–H and O–H groups in total. The number of fused-ring (bicyclic) bond motifs is 1. The molecule has 2 aromatic rings. The monoisotopic (exact) mass is 314 g/mol. The fourth-order valence-corrected chi connectivity index (χ4v) is 2.48. The van der Waals surface area contributed by atoms with E-state index in [9.17, 15) is 4.79 Å². The first-order chi connectivity index (χ1) is 11.0. The van der Waals surface area contributed by atoms with E-state index in [4.69, 9.17) is 16.0 Å². The molecule has 118 valence electrons. The van der Waals surface area contributed by atoms with E-state index in [1.165, 1.54) is 12.1 Å². The Labute approximate surface area is 130 Å². The molecule has 0 saturated carbocycles. The second-order valence-electron chi connectivity index (χ2n) is 5.03. The van der Waals surface area contributed by atoms with Crippen LogP contribution in [-0.4, -0.2) is 37.6 Å². The highest BCUT2D eigenvalue weighted by atomic mass is 16.7. The molecule has 0 radical (unpaired) electrons. The Bertz CT molecular complexity index is 879. The van der Waals surface area contributed by atoms with Crippen molar-refractivity contribution in [2.45, 2.75) is 13.0 Å². The molecule has 1 aliphatic carbocycles. The van der Waals surface area contributed by atoms with E-state index in [1.54, 1.807) is 29.8 Å². The highest BCUT2D eigenvalue weighted by Gasteiger charge is 2.21. The second kappa shape index (κ2) is 5.58. The average molecular weight is 314 g/mol. The lowest BCUT2D eigenvalue weighted by molar-refractivity contribution is 0.144. The first-order valence-electron chi connectivity index (χ1n) is 6.76. The molecular formula is C15H14N4O4. The highest BCUT2D eigenvalue weighted by Crippen LogP contribution is 2.26. The Kier molecular flexibility index (Phi) is 3.59. The predicted octanol–water partition coefficient (Wildman–Crippen LogP) is 1.89. The first-order valence-corrected chi connectivity index (χ1v) is 6.76. The van der Waals surface area contributed by atoms with Gasteiger partial charge in [0.25, 0.3) is 0 Å². The Hall–Kier alpha value is -3.13. The number of pyridine rings is 1. The smallest absolute Gasteiger partial charge is 0.449 e. The fourth-order valence-electron chi connectivity index (χ4n) is 2.48. The molecule has 0 fully saturated rings. The molecule has 3 rings (SSSR count). The summed E-state index contributed by atoms with van der Waals surface area (Å²) in [5.74, 6) is 0.187. The number of carbonyl (C=O) groups is 1. The number of ether oxygens (including phenoxy) is 1. The van der Waals surface area contributed by atoms with Gasteiger partial charge in [0, 0.05) is 24.0 Å². The van der Waals surface area contributed by atoms with Crippen LogP contribution in [0, 0.1) is 0 Å². The van der Waals surface area contributed by atoms with Gasteiger partial charge in [0.2, 0.25) is 0 Å². The molecule has 8 nitrogen and oxygen atoms in total. The summed E-state index contributed by atoms with van der Waals surface area (Å²) in [5, 5.41) is 21.0. The third kappa shape index (κ3) is 2.67. The standard InChI is InChI=1S/C15H14N4O4/c1-8-10(2-3-11(16)14(8)18-22)12-7-19-5-4-9(23-15(20)21)6-13(19)17-12/h2-7,11,22H,16H2,1H3,(H,20,21). The van der Waals surface area contributed by atoms with Crippen molar-refractivity contribution in [3.8, 4) is 5.75 Å². The molecule has 0 aliphatic heterocycles. The number of carboxylic acid groups (broad SMARTS) is 1. The van der Waals surface area contributed by atoms with Crippen molar-refractivity contribution in [2.75, 3.05) is 0 Å². The van der Waals surface area contributed by atoms with Gasteiger partial charge in [-0.2, -0.15) is 0 Å². The van der Waals surface area contributed by atoms with Crippen molar-refractivity contribution < 1.29 is 19.8 Å². The third-order valence-electron chi connectivity index (χ3n) is 3.59. The van der Waals surface area contributed by atoms with Crippen LogP contribution in [0.1, 0.15) is 12.6 Å². The Morgan fingerprint density at radius 2 is 2.30 bits per heavy atom. The van der Waals surface area contributed by atoms with Crippen LogP contribution in [0.5, 0.6) is 5.75 Å². The van der Waals surface area contributed by atoms with Crippen LogP contribution in [0.25, 0.3) is 11.2 Å². The molecule has 0 amide bonds. The van der Waals surface area contributed by atoms with Crippen LogP contribution in [-0.2, 0) is 0 Å². The summed E-state index contributed by atoms with van der Waals surface area (Å²) < 4.78 is 6.35. The zero-order valence-corrected chi connectivity index (χ0v) is 12.2. The number of rotatable bonds is 2. The van der Waals surface area contributed by atoms with E-state index >= 15 is 0 Å². The molecule has 1 atom stereocenters. The molecule has 1 unspecified atom stereocenters. The average Bonchev–Trinajstić information content (AvgIpc) is 2.90. The maximum atomic E-state index is 10.6. The number of nitrogens with zero attached hydrogens (tertiary/aromatic N) is 3. The summed E-state index contributed by atoms with van der Waals surface area (Å²) in [6.45, 7) is 1.80. The molecule has 0 aromatic carbocycles. The fraction of sp³-hybridized carbons (Fsp3) is 0.133. The number of oxime groups is 1. The number of imidazole rings is 1. The Morgan fingerprint density at radius 3 is 3.00 bits per heavy atom. The minimum atomic E-state index is -1.38. The number of hydrogen-bond acceptors (Lipinski definition) is 6. The largest absolute Gasteiger partial charge is 0.511 e. The number of nitrogens with two attached hydrogens (primary N) is 1. The molecule has 8 heteroatoms. The molecule has 2 aromatic heterocycles. The topological polar surface area (TPSA) is 122 Å². The van der Waals surface area contributed by atoms with Crippen molar-refractivity contribution in [1.29, 1.82) is 0 Å². The zero-order valence-electron chi connectivity index (χ0n) is 12.2. The molecule has 2 heterocycles. The van der Waals surface area contributed by atoms with E-state index in [2.05, 4.69) is 14.9 Å². The number of aromatic nitrogens is 2. The number of allylic oxidation sites excluding steroid dienone is 2. The molecule has 0 bridgehead atoms. The van der Waals surface area contributed by atoms with E-state index in [-0.39, 0.29) is 5.75 Å². The van der Waals surface area contributed by atoms with E-state index in [0.717, 1.165) is 11.1 Å². The van der Waals surface area contributed by atoms with Gasteiger partial charge in [-0.25, -0.2) is 9.78 Å². The zero-order chi connectivity index (χ0) is 16.6. The van der Waals surface area contributed by atoms with Crippen molar-refractivity contribution in [3.63, 3.8) is 0 Å². The van der Waals surface area contributed by atoms with Gasteiger partial charge in [-0.05, 0) is 18.6 Å². The quantitative estimate of drug-likeness (QED) is 0.442. The van der Waals surface area contributed by atoms with Crippen LogP contribution in [0.2, 0.25) is 0 Å². The summed E-state index contributed by atoms with van der Waals surface area (Å²) >= 11 is 0. The van der Waals surface area contributed by atoms with Crippen LogP contribution in [0.15, 0.2) is 47.4 Å². The van der Waals surface area contributed by atoms with E-state index in [0.29, 0.717) is 17.1 Å². The van der Waals surface area contributed by atoms with Gasteiger partial charge in [-0.1, -0.05) is 17.3 Å². The highest BCUT2D eigenvalue weighted by molar-refractivity contribution is 6.12. The molecule has 23 heavy (non-hydrogen) atoms. The van der Waals surface area contributed by atoms with Crippen LogP contribution in [0.3, 0.4) is 0 Å². The van der Waals surface area contributed by atoms with Crippen LogP contribution >= 0.6 is 0 Å². The van der Waals surface area contributed by atoms with E-state index in [1.807, 2.05) is 6.08 Å². The minimum absolute atomic E-state index is 0.187. The minimum Gasteiger partial charge on any atom is -0.449 e. The van der Waals surface area contributed by atoms with Crippen molar-refractivity contribution in [1.82, 2.24) is 9.38 Å². The number of hydrogen-bond donors (Lipinski definition) is 3. The van der Waals surface area contributed by atoms with Crippen molar-refractivity contribution >= 4 is 23.1 Å². The van der Waals surface area contributed by atoms with Gasteiger partial charge in [0.1, 0.15) is 17.1 Å². The van der Waals surface area contributed by atoms with Gasteiger partial charge in [-0.3, -0.25) is 0 Å². The van der Waals surface area contributed by atoms with Gasteiger partial charge < -0.3 is 25.2 Å². The lowest BCUT2D eigenvalue weighted by Crippen LogP contribution is -2.31. The summed E-state index contributed by atoms with van der Waals surface area (Å²) in [4.78, 5) is 15.0. The molecular weight excluding hydrogens is 300 g/mol. The van der Waals surface area contributed by atoms with Crippen LogP contribution in [0.4, 0.5) is 4.79 Å². The predicted molar refractivity (Wildman–Crippen MR) is 82.8 cm³/mol. The summed E-state index contributed by atoms with van der Waals surface area (Å²) in [6, 6.07) is 2.59. The normalized spacial score (nSPS) is 19.6. The van der Waals surface area contributed by atoms with Gasteiger partial charge in [-0.15, -0.1) is 0 Å². The summed E-state index contributed by atoms with van der Waals surface area (Å²) in [7, 11) is 0. The first kappa shape index (κ1) is 14.8. The van der Waals surface area contributed by atoms with Crippen molar-refractivity contribution in [2.24, 2.45) is 10.9 Å². The maximum Gasteiger partial charge on any atom is 0.511 e.